The number of carbonyl (C=O) groups is 1. The van der Waals surface area contributed by atoms with Crippen molar-refractivity contribution in [2.75, 3.05) is 0 Å². The van der Waals surface area contributed by atoms with E-state index in [0.29, 0.717) is 12.1 Å². The number of pyridine rings is 1. The predicted molar refractivity (Wildman–Crippen MR) is 59.1 cm³/mol. The van der Waals surface area contributed by atoms with Crippen LogP contribution in [-0.4, -0.2) is 10.9 Å². The Bertz CT molecular complexity index is 482. The van der Waals surface area contributed by atoms with Crippen LogP contribution < -0.4 is 5.32 Å². The fourth-order valence-corrected chi connectivity index (χ4v) is 1.44. The Morgan fingerprint density at radius 3 is 3.00 bits per heavy atom. The molecular formula is C11H9ClN2O2. The van der Waals surface area contributed by atoms with Crippen LogP contribution >= 0.6 is 11.6 Å². The summed E-state index contributed by atoms with van der Waals surface area (Å²) in [6.45, 7) is 0.411. The van der Waals surface area contributed by atoms with Crippen LogP contribution in [0.3, 0.4) is 0 Å². The number of rotatable bonds is 3. The van der Waals surface area contributed by atoms with E-state index in [0.717, 1.165) is 5.56 Å². The van der Waals surface area contributed by atoms with Gasteiger partial charge in [-0.1, -0.05) is 6.07 Å². The summed E-state index contributed by atoms with van der Waals surface area (Å²) >= 11 is 5.68. The lowest BCUT2D eigenvalue weighted by molar-refractivity contribution is 0.0950. The molecule has 0 aliphatic rings. The van der Waals surface area contributed by atoms with Gasteiger partial charge in [-0.2, -0.15) is 0 Å². The molecule has 16 heavy (non-hydrogen) atoms. The van der Waals surface area contributed by atoms with E-state index in [1.54, 1.807) is 12.4 Å². The Labute approximate surface area is 97.2 Å². The molecule has 2 heterocycles. The number of nitrogens with zero attached hydrogens (tertiary/aromatic N) is 1. The van der Waals surface area contributed by atoms with E-state index in [9.17, 15) is 4.79 Å². The number of hydrogen-bond donors (Lipinski definition) is 1. The van der Waals surface area contributed by atoms with Crippen molar-refractivity contribution in [2.24, 2.45) is 0 Å². The molecule has 0 unspecified atom stereocenters. The lowest BCUT2D eigenvalue weighted by Gasteiger charge is -2.03. The molecule has 1 amide bonds. The number of furan rings is 1. The number of aromatic nitrogens is 1. The molecule has 0 bridgehead atoms. The summed E-state index contributed by atoms with van der Waals surface area (Å²) in [4.78, 5) is 15.6. The van der Waals surface area contributed by atoms with Crippen molar-refractivity contribution >= 4 is 17.5 Å². The molecule has 0 fully saturated rings. The molecule has 4 nitrogen and oxygen atoms in total. The van der Waals surface area contributed by atoms with Crippen molar-refractivity contribution in [2.45, 2.75) is 6.54 Å². The van der Waals surface area contributed by atoms with Gasteiger partial charge in [-0.05, 0) is 29.3 Å². The summed E-state index contributed by atoms with van der Waals surface area (Å²) in [5, 5.41) is 2.82. The van der Waals surface area contributed by atoms with Crippen LogP contribution in [0, 0.1) is 0 Å². The first-order valence-corrected chi connectivity index (χ1v) is 5.05. The SMILES string of the molecule is O=C(NCc1cccnc1)c1ccoc1Cl. The lowest BCUT2D eigenvalue weighted by atomic mass is 10.2. The average Bonchev–Trinajstić information content (AvgIpc) is 2.74. The zero-order chi connectivity index (χ0) is 11.4. The van der Waals surface area contributed by atoms with E-state index in [1.807, 2.05) is 12.1 Å². The topological polar surface area (TPSA) is 55.1 Å². The van der Waals surface area contributed by atoms with Crippen molar-refractivity contribution in [3.8, 4) is 0 Å². The standard InChI is InChI=1S/C11H9ClN2O2/c12-10-9(3-5-16-10)11(15)14-7-8-2-1-4-13-6-8/h1-6H,7H2,(H,14,15). The minimum absolute atomic E-state index is 0.101. The molecule has 0 aliphatic heterocycles. The molecule has 0 saturated carbocycles. The zero-order valence-corrected chi connectivity index (χ0v) is 9.07. The third kappa shape index (κ3) is 2.41. The van der Waals surface area contributed by atoms with Crippen molar-refractivity contribution in [1.29, 1.82) is 0 Å². The van der Waals surface area contributed by atoms with E-state index in [1.165, 1.54) is 12.3 Å². The molecule has 0 atom stereocenters. The van der Waals surface area contributed by atoms with Gasteiger partial charge < -0.3 is 9.73 Å². The molecule has 2 aromatic rings. The van der Waals surface area contributed by atoms with Crippen LogP contribution in [-0.2, 0) is 6.54 Å². The van der Waals surface area contributed by atoms with Gasteiger partial charge in [-0.15, -0.1) is 0 Å². The first-order valence-electron chi connectivity index (χ1n) is 4.67. The summed E-state index contributed by atoms with van der Waals surface area (Å²) in [5.74, 6) is -0.261. The maximum absolute atomic E-state index is 11.6. The monoisotopic (exact) mass is 236 g/mol. The van der Waals surface area contributed by atoms with E-state index in [2.05, 4.69) is 10.3 Å². The Morgan fingerprint density at radius 2 is 2.38 bits per heavy atom. The molecule has 2 rings (SSSR count). The highest BCUT2D eigenvalue weighted by molar-refractivity contribution is 6.32. The van der Waals surface area contributed by atoms with Gasteiger partial charge in [0, 0.05) is 18.9 Å². The molecule has 0 aromatic carbocycles. The Kier molecular flexibility index (Phi) is 3.22. The van der Waals surface area contributed by atoms with Crippen molar-refractivity contribution in [3.05, 3.63) is 53.2 Å². The van der Waals surface area contributed by atoms with Gasteiger partial charge in [0.1, 0.15) is 0 Å². The molecule has 0 spiro atoms. The first-order chi connectivity index (χ1) is 7.77. The zero-order valence-electron chi connectivity index (χ0n) is 8.31. The maximum Gasteiger partial charge on any atom is 0.256 e. The van der Waals surface area contributed by atoms with Gasteiger partial charge in [0.15, 0.2) is 0 Å². The van der Waals surface area contributed by atoms with Crippen LogP contribution in [0.15, 0.2) is 41.3 Å². The lowest BCUT2D eigenvalue weighted by Crippen LogP contribution is -2.22. The highest BCUT2D eigenvalue weighted by Crippen LogP contribution is 2.16. The summed E-state index contributed by atoms with van der Waals surface area (Å²) in [5.41, 5.74) is 1.26. The van der Waals surface area contributed by atoms with Gasteiger partial charge in [0.25, 0.3) is 5.91 Å². The van der Waals surface area contributed by atoms with Crippen molar-refractivity contribution < 1.29 is 9.21 Å². The molecule has 0 saturated heterocycles. The third-order valence-electron chi connectivity index (χ3n) is 2.04. The molecule has 1 N–H and O–H groups in total. The van der Waals surface area contributed by atoms with Gasteiger partial charge >= 0.3 is 0 Å². The number of amides is 1. The van der Waals surface area contributed by atoms with Gasteiger partial charge in [0.05, 0.1) is 11.8 Å². The second-order valence-electron chi connectivity index (χ2n) is 3.15. The minimum Gasteiger partial charge on any atom is -0.452 e. The number of halogens is 1. The molecule has 0 aliphatic carbocycles. The number of nitrogens with one attached hydrogen (secondary N) is 1. The summed E-state index contributed by atoms with van der Waals surface area (Å²) in [6, 6.07) is 5.22. The number of carbonyl (C=O) groups excluding carboxylic acids is 1. The summed E-state index contributed by atoms with van der Waals surface area (Å²) in [7, 11) is 0. The minimum atomic E-state index is -0.261. The fourth-order valence-electron chi connectivity index (χ4n) is 1.24. The highest BCUT2D eigenvalue weighted by Gasteiger charge is 2.12. The Balaban J connectivity index is 1.97. The van der Waals surface area contributed by atoms with Gasteiger partial charge in [-0.3, -0.25) is 9.78 Å². The highest BCUT2D eigenvalue weighted by atomic mass is 35.5. The van der Waals surface area contributed by atoms with E-state index >= 15 is 0 Å². The second kappa shape index (κ2) is 4.81. The Morgan fingerprint density at radius 1 is 1.50 bits per heavy atom. The normalized spacial score (nSPS) is 10.1. The van der Waals surface area contributed by atoms with Gasteiger partial charge in [0.2, 0.25) is 5.22 Å². The third-order valence-corrected chi connectivity index (χ3v) is 2.33. The van der Waals surface area contributed by atoms with Crippen LogP contribution in [0.4, 0.5) is 0 Å². The summed E-state index contributed by atoms with van der Waals surface area (Å²) < 4.78 is 4.83. The van der Waals surface area contributed by atoms with Crippen LogP contribution in [0.2, 0.25) is 5.22 Å². The van der Waals surface area contributed by atoms with Crippen LogP contribution in [0.5, 0.6) is 0 Å². The molecule has 82 valence electrons. The summed E-state index contributed by atoms with van der Waals surface area (Å²) in [6.07, 6.45) is 4.75. The van der Waals surface area contributed by atoms with Gasteiger partial charge in [-0.25, -0.2) is 0 Å². The molecule has 0 radical (unpaired) electrons. The molecule has 2 aromatic heterocycles. The molecule has 5 heteroatoms. The smallest absolute Gasteiger partial charge is 0.256 e. The average molecular weight is 237 g/mol. The van der Waals surface area contributed by atoms with Crippen molar-refractivity contribution in [3.63, 3.8) is 0 Å². The van der Waals surface area contributed by atoms with E-state index < -0.39 is 0 Å². The van der Waals surface area contributed by atoms with Crippen LogP contribution in [0.1, 0.15) is 15.9 Å². The predicted octanol–water partition coefficient (Wildman–Crippen LogP) is 2.26. The van der Waals surface area contributed by atoms with Crippen LogP contribution in [0.25, 0.3) is 0 Å². The van der Waals surface area contributed by atoms with Crippen molar-refractivity contribution in [1.82, 2.24) is 10.3 Å². The maximum atomic E-state index is 11.6. The quantitative estimate of drug-likeness (QED) is 0.889. The second-order valence-corrected chi connectivity index (χ2v) is 3.50. The number of hydrogen-bond acceptors (Lipinski definition) is 3. The molecular weight excluding hydrogens is 228 g/mol. The first kappa shape index (κ1) is 10.7. The Hall–Kier alpha value is -1.81. The fraction of sp³-hybridized carbons (Fsp3) is 0.0909. The van der Waals surface area contributed by atoms with E-state index in [4.69, 9.17) is 16.0 Å². The van der Waals surface area contributed by atoms with E-state index in [-0.39, 0.29) is 11.1 Å². The largest absolute Gasteiger partial charge is 0.452 e.